The second kappa shape index (κ2) is 10.2. The second-order valence-corrected chi connectivity index (χ2v) is 8.95. The molecule has 1 unspecified atom stereocenters. The molecule has 0 aliphatic carbocycles. The number of rotatable bonds is 7. The van der Waals surface area contributed by atoms with Crippen LogP contribution in [0, 0.1) is 6.92 Å². The molecule has 190 valence electrons. The summed E-state index contributed by atoms with van der Waals surface area (Å²) in [4.78, 5) is 37.2. The number of carbonyl (C=O) groups excluding carboxylic acids is 1. The summed E-state index contributed by atoms with van der Waals surface area (Å²) < 4.78 is 45.4. The first-order chi connectivity index (χ1) is 16.6. The van der Waals surface area contributed by atoms with Crippen molar-refractivity contribution in [2.45, 2.75) is 57.5 Å². The van der Waals surface area contributed by atoms with Crippen molar-refractivity contribution in [3.63, 3.8) is 0 Å². The van der Waals surface area contributed by atoms with Crippen molar-refractivity contribution in [2.24, 2.45) is 0 Å². The average molecular weight is 496 g/mol. The van der Waals surface area contributed by atoms with Gasteiger partial charge < -0.3 is 19.9 Å². The molecule has 1 amide bonds. The largest absolute Gasteiger partial charge is 0.423 e. The van der Waals surface area contributed by atoms with Crippen LogP contribution in [0.25, 0.3) is 0 Å². The zero-order valence-electron chi connectivity index (χ0n) is 19.5. The Morgan fingerprint density at radius 2 is 1.83 bits per heavy atom. The number of hydrogen-bond acceptors (Lipinski definition) is 8. The third kappa shape index (κ3) is 5.72. The Balaban J connectivity index is 1.27. The smallest absolute Gasteiger partial charge is 0.378 e. The fourth-order valence-corrected chi connectivity index (χ4v) is 4.48. The highest BCUT2D eigenvalue weighted by molar-refractivity contribution is 5.83. The Morgan fingerprint density at radius 3 is 2.49 bits per heavy atom. The number of aromatic amines is 1. The normalized spacial score (nSPS) is 20.4. The van der Waals surface area contributed by atoms with E-state index in [1.165, 1.54) is 0 Å². The van der Waals surface area contributed by atoms with Crippen molar-refractivity contribution in [2.75, 3.05) is 36.5 Å². The van der Waals surface area contributed by atoms with Crippen LogP contribution in [0.15, 0.2) is 23.4 Å². The minimum absolute atomic E-state index is 0.00243. The highest BCUT2D eigenvalue weighted by atomic mass is 19.4. The monoisotopic (exact) mass is 495 g/mol. The lowest BCUT2D eigenvalue weighted by molar-refractivity contribution is -0.139. The molecular formula is C22H28F3N7O3. The molecule has 4 rings (SSSR count). The second-order valence-electron chi connectivity index (χ2n) is 8.95. The Labute approximate surface area is 199 Å². The van der Waals surface area contributed by atoms with Crippen LogP contribution in [-0.4, -0.2) is 75.4 Å². The van der Waals surface area contributed by atoms with E-state index in [0.29, 0.717) is 18.9 Å². The van der Waals surface area contributed by atoms with Gasteiger partial charge in [-0.3, -0.25) is 9.59 Å². The summed E-state index contributed by atoms with van der Waals surface area (Å²) in [6.45, 7) is 5.61. The van der Waals surface area contributed by atoms with Gasteiger partial charge in [0.05, 0.1) is 18.5 Å². The molecule has 35 heavy (non-hydrogen) atoms. The van der Waals surface area contributed by atoms with Gasteiger partial charge >= 0.3 is 6.18 Å². The zero-order chi connectivity index (χ0) is 25.2. The SMILES string of the molecule is Cc1cnc(N2CCC(N3CC[C@@H](OCC(C)Nc4cn[nH]c(=O)c4C(F)(F)F)C3=O)CC2)nc1. The van der Waals surface area contributed by atoms with Crippen molar-refractivity contribution < 1.29 is 22.7 Å². The van der Waals surface area contributed by atoms with Gasteiger partial charge in [0.25, 0.3) is 11.5 Å². The lowest BCUT2D eigenvalue weighted by atomic mass is 10.0. The number of hydrogen-bond donors (Lipinski definition) is 2. The van der Waals surface area contributed by atoms with Gasteiger partial charge in [-0.2, -0.15) is 18.3 Å². The van der Waals surface area contributed by atoms with Gasteiger partial charge in [0.1, 0.15) is 11.7 Å². The van der Waals surface area contributed by atoms with E-state index < -0.39 is 35.1 Å². The van der Waals surface area contributed by atoms with Gasteiger partial charge in [-0.25, -0.2) is 15.1 Å². The number of anilines is 2. The lowest BCUT2D eigenvalue weighted by Gasteiger charge is -2.36. The van der Waals surface area contributed by atoms with Crippen LogP contribution in [0.5, 0.6) is 0 Å². The number of aryl methyl sites for hydroxylation is 1. The van der Waals surface area contributed by atoms with E-state index in [4.69, 9.17) is 4.74 Å². The first-order valence-electron chi connectivity index (χ1n) is 11.5. The number of nitrogens with zero attached hydrogens (tertiary/aromatic N) is 5. The predicted molar refractivity (Wildman–Crippen MR) is 121 cm³/mol. The quantitative estimate of drug-likeness (QED) is 0.599. The van der Waals surface area contributed by atoms with Gasteiger partial charge in [0, 0.05) is 50.5 Å². The van der Waals surface area contributed by atoms with Crippen LogP contribution in [0.2, 0.25) is 0 Å². The van der Waals surface area contributed by atoms with E-state index in [0.717, 1.165) is 37.7 Å². The minimum Gasteiger partial charge on any atom is -0.378 e. The van der Waals surface area contributed by atoms with Crippen LogP contribution < -0.4 is 15.8 Å². The summed E-state index contributed by atoms with van der Waals surface area (Å²) in [5.74, 6) is 0.588. The van der Waals surface area contributed by atoms with Gasteiger partial charge in [0.15, 0.2) is 0 Å². The molecule has 13 heteroatoms. The number of likely N-dealkylation sites (tertiary alicyclic amines) is 1. The molecule has 2 saturated heterocycles. The lowest BCUT2D eigenvalue weighted by Crippen LogP contribution is -2.47. The van der Waals surface area contributed by atoms with Gasteiger partial charge in [-0.1, -0.05) is 0 Å². The molecular weight excluding hydrogens is 467 g/mol. The molecule has 4 heterocycles. The average Bonchev–Trinajstić information content (AvgIpc) is 3.18. The van der Waals surface area contributed by atoms with Crippen LogP contribution in [0.1, 0.15) is 37.3 Å². The molecule has 2 aromatic rings. The van der Waals surface area contributed by atoms with Crippen LogP contribution in [0.4, 0.5) is 24.8 Å². The summed E-state index contributed by atoms with van der Waals surface area (Å²) in [5, 5.41) is 7.86. The molecule has 2 atom stereocenters. The first-order valence-corrected chi connectivity index (χ1v) is 11.5. The van der Waals surface area contributed by atoms with Crippen molar-refractivity contribution in [1.29, 1.82) is 0 Å². The fraction of sp³-hybridized carbons (Fsp3) is 0.591. The molecule has 2 aromatic heterocycles. The number of carbonyl (C=O) groups is 1. The first kappa shape index (κ1) is 24.9. The molecule has 10 nitrogen and oxygen atoms in total. The Hall–Kier alpha value is -3.22. The molecule has 2 aliphatic heterocycles. The van der Waals surface area contributed by atoms with Crippen LogP contribution >= 0.6 is 0 Å². The Bertz CT molecular complexity index is 1080. The van der Waals surface area contributed by atoms with E-state index in [2.05, 4.69) is 25.3 Å². The molecule has 2 N–H and O–H groups in total. The van der Waals surface area contributed by atoms with Crippen molar-refractivity contribution >= 4 is 17.5 Å². The molecule has 0 spiro atoms. The van der Waals surface area contributed by atoms with Gasteiger partial charge in [0.2, 0.25) is 5.95 Å². The number of H-pyrrole nitrogens is 1. The van der Waals surface area contributed by atoms with Crippen molar-refractivity contribution in [3.05, 3.63) is 40.1 Å². The summed E-state index contributed by atoms with van der Waals surface area (Å²) in [5.41, 5.74) is -2.10. The van der Waals surface area contributed by atoms with Crippen molar-refractivity contribution in [1.82, 2.24) is 25.1 Å². The number of amides is 1. The predicted octanol–water partition coefficient (Wildman–Crippen LogP) is 1.97. The molecule has 2 fully saturated rings. The summed E-state index contributed by atoms with van der Waals surface area (Å²) in [7, 11) is 0. The number of halogens is 3. The van der Waals surface area contributed by atoms with Gasteiger partial charge in [-0.05, 0) is 32.3 Å². The van der Waals surface area contributed by atoms with Gasteiger partial charge in [-0.15, -0.1) is 0 Å². The fourth-order valence-electron chi connectivity index (χ4n) is 4.48. The standard InChI is InChI=1S/C22H28F3N7O3/c1-13-9-26-21(27-10-13)31-6-3-15(4-7-31)32-8-5-17(20(32)34)35-12-14(2)29-16-11-28-30-19(33)18(16)22(23,24)25/h9-11,14-15,17H,3-8,12H2,1-2H3,(H2,29,30,33)/t14?,17-/m1/s1. The van der Waals surface area contributed by atoms with Crippen molar-refractivity contribution in [3.8, 4) is 0 Å². The maximum atomic E-state index is 13.2. The molecule has 0 bridgehead atoms. The van der Waals surface area contributed by atoms with E-state index in [1.54, 1.807) is 24.4 Å². The Kier molecular flexibility index (Phi) is 7.24. The zero-order valence-corrected chi connectivity index (χ0v) is 19.5. The molecule has 2 aliphatic rings. The molecule has 0 saturated carbocycles. The summed E-state index contributed by atoms with van der Waals surface area (Å²) in [6, 6.07) is -0.482. The number of ether oxygens (including phenoxy) is 1. The topological polar surface area (TPSA) is 116 Å². The Morgan fingerprint density at radius 1 is 1.14 bits per heavy atom. The molecule has 0 aromatic carbocycles. The third-order valence-electron chi connectivity index (χ3n) is 6.24. The van der Waals surface area contributed by atoms with E-state index >= 15 is 0 Å². The maximum Gasteiger partial charge on any atom is 0.423 e. The van der Waals surface area contributed by atoms with E-state index in [-0.39, 0.29) is 18.6 Å². The minimum atomic E-state index is -4.83. The molecule has 0 radical (unpaired) electrons. The number of alkyl halides is 3. The number of nitrogens with one attached hydrogen (secondary N) is 2. The van der Waals surface area contributed by atoms with E-state index in [1.807, 2.05) is 11.8 Å². The number of aromatic nitrogens is 4. The summed E-state index contributed by atoms with van der Waals surface area (Å²) in [6.07, 6.45) is 1.12. The highest BCUT2D eigenvalue weighted by Gasteiger charge is 2.39. The summed E-state index contributed by atoms with van der Waals surface area (Å²) >= 11 is 0. The number of piperidine rings is 1. The van der Waals surface area contributed by atoms with E-state index in [9.17, 15) is 22.8 Å². The maximum absolute atomic E-state index is 13.2. The van der Waals surface area contributed by atoms with Crippen LogP contribution in [0.3, 0.4) is 0 Å². The highest BCUT2D eigenvalue weighted by Crippen LogP contribution is 2.32. The third-order valence-corrected chi connectivity index (χ3v) is 6.24. The van der Waals surface area contributed by atoms with Crippen LogP contribution in [-0.2, 0) is 15.7 Å².